The fourth-order valence-electron chi connectivity index (χ4n) is 2.36. The van der Waals surface area contributed by atoms with Gasteiger partial charge in [-0.25, -0.2) is 0 Å². The first-order chi connectivity index (χ1) is 9.69. The highest BCUT2D eigenvalue weighted by Crippen LogP contribution is 2.19. The van der Waals surface area contributed by atoms with Gasteiger partial charge in [0.05, 0.1) is 12.3 Å². The number of phenolic OH excluding ortho intramolecular Hbond substituents is 1. The number of hydrogen-bond acceptors (Lipinski definition) is 3. The molecule has 0 spiro atoms. The van der Waals surface area contributed by atoms with Gasteiger partial charge in [-0.1, -0.05) is 19.1 Å². The lowest BCUT2D eigenvalue weighted by molar-refractivity contribution is 0.364. The Balaban J connectivity index is 1.82. The molecule has 0 aliphatic heterocycles. The molecule has 3 heteroatoms. The Hall–Kier alpha value is -1.74. The van der Waals surface area contributed by atoms with Crippen molar-refractivity contribution in [1.82, 2.24) is 5.32 Å². The number of aryl methyl sites for hydroxylation is 1. The van der Waals surface area contributed by atoms with Gasteiger partial charge < -0.3 is 14.8 Å². The molecule has 2 rings (SSSR count). The van der Waals surface area contributed by atoms with Crippen molar-refractivity contribution in [2.24, 2.45) is 0 Å². The van der Waals surface area contributed by atoms with Crippen LogP contribution in [0.5, 0.6) is 5.75 Å². The van der Waals surface area contributed by atoms with E-state index >= 15 is 0 Å². The lowest BCUT2D eigenvalue weighted by Gasteiger charge is -2.20. The number of aromatic hydroxyl groups is 1. The van der Waals surface area contributed by atoms with E-state index in [1.54, 1.807) is 18.4 Å². The summed E-state index contributed by atoms with van der Waals surface area (Å²) in [4.78, 5) is 0. The van der Waals surface area contributed by atoms with Gasteiger partial charge in [0.2, 0.25) is 0 Å². The summed E-state index contributed by atoms with van der Waals surface area (Å²) in [6, 6.07) is 12.1. The Morgan fingerprint density at radius 2 is 1.95 bits per heavy atom. The first-order valence-electron chi connectivity index (χ1n) is 7.26. The van der Waals surface area contributed by atoms with Gasteiger partial charge in [0.1, 0.15) is 11.5 Å². The maximum Gasteiger partial charge on any atom is 0.120 e. The topological polar surface area (TPSA) is 45.4 Å². The van der Waals surface area contributed by atoms with E-state index in [0.717, 1.165) is 25.0 Å². The Bertz CT molecular complexity index is 490. The summed E-state index contributed by atoms with van der Waals surface area (Å²) in [6.07, 6.45) is 4.79. The van der Waals surface area contributed by atoms with E-state index in [0.29, 0.717) is 11.8 Å². The quantitative estimate of drug-likeness (QED) is 0.800. The van der Waals surface area contributed by atoms with Crippen LogP contribution in [-0.2, 0) is 6.42 Å². The summed E-state index contributed by atoms with van der Waals surface area (Å²) < 4.78 is 5.47. The van der Waals surface area contributed by atoms with Crippen LogP contribution in [-0.4, -0.2) is 11.1 Å². The highest BCUT2D eigenvalue weighted by atomic mass is 16.3. The highest BCUT2D eigenvalue weighted by molar-refractivity contribution is 5.25. The lowest BCUT2D eigenvalue weighted by atomic mass is 10.0. The van der Waals surface area contributed by atoms with Crippen molar-refractivity contribution in [3.05, 3.63) is 54.0 Å². The third-order valence-electron chi connectivity index (χ3n) is 3.58. The van der Waals surface area contributed by atoms with Crippen molar-refractivity contribution >= 4 is 0 Å². The molecule has 0 saturated heterocycles. The molecular formula is C17H23NO2. The minimum Gasteiger partial charge on any atom is -0.508 e. The van der Waals surface area contributed by atoms with Gasteiger partial charge >= 0.3 is 0 Å². The van der Waals surface area contributed by atoms with E-state index in [9.17, 15) is 5.11 Å². The van der Waals surface area contributed by atoms with Crippen LogP contribution in [0.1, 0.15) is 44.1 Å². The maximum atomic E-state index is 9.27. The van der Waals surface area contributed by atoms with Gasteiger partial charge in [0.15, 0.2) is 0 Å². The smallest absolute Gasteiger partial charge is 0.120 e. The van der Waals surface area contributed by atoms with E-state index < -0.39 is 0 Å². The van der Waals surface area contributed by atoms with Crippen molar-refractivity contribution in [1.29, 1.82) is 0 Å². The molecule has 1 heterocycles. The second-order valence-electron chi connectivity index (χ2n) is 5.25. The molecule has 0 saturated carbocycles. The van der Waals surface area contributed by atoms with E-state index in [1.807, 2.05) is 24.3 Å². The first kappa shape index (κ1) is 14.7. The molecule has 108 valence electrons. The van der Waals surface area contributed by atoms with E-state index in [2.05, 4.69) is 19.2 Å². The predicted octanol–water partition coefficient (Wildman–Crippen LogP) is 4.05. The standard InChI is InChI=1S/C17H23NO2/c1-3-16(17-5-4-12-20-17)18-13(2)6-7-14-8-10-15(19)11-9-14/h4-5,8-13,16,18-19H,3,6-7H2,1-2H3. The Morgan fingerprint density at radius 3 is 2.55 bits per heavy atom. The molecule has 2 unspecified atom stereocenters. The zero-order valence-electron chi connectivity index (χ0n) is 12.2. The molecule has 2 N–H and O–H groups in total. The van der Waals surface area contributed by atoms with Crippen LogP contribution in [0.2, 0.25) is 0 Å². The van der Waals surface area contributed by atoms with Gasteiger partial charge in [-0.2, -0.15) is 0 Å². The van der Waals surface area contributed by atoms with Crippen LogP contribution in [0.25, 0.3) is 0 Å². The van der Waals surface area contributed by atoms with E-state index in [1.165, 1.54) is 5.56 Å². The molecule has 3 nitrogen and oxygen atoms in total. The average molecular weight is 273 g/mol. The second kappa shape index (κ2) is 7.15. The number of hydrogen-bond donors (Lipinski definition) is 2. The zero-order valence-corrected chi connectivity index (χ0v) is 12.2. The van der Waals surface area contributed by atoms with Gasteiger partial charge in [-0.3, -0.25) is 0 Å². The predicted molar refractivity (Wildman–Crippen MR) is 80.8 cm³/mol. The first-order valence-corrected chi connectivity index (χ1v) is 7.26. The molecular weight excluding hydrogens is 250 g/mol. The summed E-state index contributed by atoms with van der Waals surface area (Å²) in [7, 11) is 0. The van der Waals surface area contributed by atoms with Gasteiger partial charge in [-0.15, -0.1) is 0 Å². The van der Waals surface area contributed by atoms with Crippen LogP contribution in [0.15, 0.2) is 47.1 Å². The number of benzene rings is 1. The molecule has 2 aromatic rings. The van der Waals surface area contributed by atoms with E-state index in [4.69, 9.17) is 4.42 Å². The van der Waals surface area contributed by atoms with E-state index in [-0.39, 0.29) is 6.04 Å². The Morgan fingerprint density at radius 1 is 1.20 bits per heavy atom. The molecule has 0 bridgehead atoms. The van der Waals surface area contributed by atoms with Crippen molar-refractivity contribution in [3.63, 3.8) is 0 Å². The molecule has 2 atom stereocenters. The monoisotopic (exact) mass is 273 g/mol. The molecule has 0 radical (unpaired) electrons. The average Bonchev–Trinajstić information content (AvgIpc) is 2.98. The Labute approximate surface area is 120 Å². The number of furan rings is 1. The fraction of sp³-hybridized carbons (Fsp3) is 0.412. The summed E-state index contributed by atoms with van der Waals surface area (Å²) in [5.74, 6) is 1.33. The molecule has 0 aliphatic carbocycles. The summed E-state index contributed by atoms with van der Waals surface area (Å²) in [5.41, 5.74) is 1.25. The lowest BCUT2D eigenvalue weighted by Crippen LogP contribution is -2.30. The minimum atomic E-state index is 0.278. The Kier molecular flexibility index (Phi) is 5.24. The number of rotatable bonds is 7. The van der Waals surface area contributed by atoms with Crippen molar-refractivity contribution in [2.75, 3.05) is 0 Å². The van der Waals surface area contributed by atoms with Gasteiger partial charge in [0.25, 0.3) is 0 Å². The molecule has 1 aromatic carbocycles. The third kappa shape index (κ3) is 4.14. The number of nitrogens with one attached hydrogen (secondary N) is 1. The summed E-state index contributed by atoms with van der Waals surface area (Å²) >= 11 is 0. The SMILES string of the molecule is CCC(NC(C)CCc1ccc(O)cc1)c1ccco1. The van der Waals surface area contributed by atoms with Crippen molar-refractivity contribution in [3.8, 4) is 5.75 Å². The zero-order chi connectivity index (χ0) is 14.4. The summed E-state index contributed by atoms with van der Waals surface area (Å²) in [5, 5.41) is 12.9. The normalized spacial score (nSPS) is 14.1. The molecule has 20 heavy (non-hydrogen) atoms. The molecule has 0 aliphatic rings. The van der Waals surface area contributed by atoms with Gasteiger partial charge in [-0.05, 0) is 56.0 Å². The third-order valence-corrected chi connectivity index (χ3v) is 3.58. The molecule has 0 amide bonds. The minimum absolute atomic E-state index is 0.278. The number of phenols is 1. The van der Waals surface area contributed by atoms with Crippen LogP contribution >= 0.6 is 0 Å². The summed E-state index contributed by atoms with van der Waals surface area (Å²) in [6.45, 7) is 4.36. The second-order valence-corrected chi connectivity index (χ2v) is 5.25. The molecule has 1 aromatic heterocycles. The van der Waals surface area contributed by atoms with Crippen LogP contribution < -0.4 is 5.32 Å². The van der Waals surface area contributed by atoms with Crippen molar-refractivity contribution < 1.29 is 9.52 Å². The van der Waals surface area contributed by atoms with Crippen LogP contribution in [0.4, 0.5) is 0 Å². The van der Waals surface area contributed by atoms with Crippen LogP contribution in [0, 0.1) is 0 Å². The van der Waals surface area contributed by atoms with Crippen LogP contribution in [0.3, 0.4) is 0 Å². The molecule has 0 fully saturated rings. The van der Waals surface area contributed by atoms with Gasteiger partial charge in [0, 0.05) is 6.04 Å². The van der Waals surface area contributed by atoms with Crippen molar-refractivity contribution in [2.45, 2.75) is 45.2 Å². The highest BCUT2D eigenvalue weighted by Gasteiger charge is 2.14. The fourth-order valence-corrected chi connectivity index (χ4v) is 2.36. The maximum absolute atomic E-state index is 9.27. The largest absolute Gasteiger partial charge is 0.508 e.